The van der Waals surface area contributed by atoms with Crippen LogP contribution in [0.25, 0.3) is 0 Å². The van der Waals surface area contributed by atoms with Crippen molar-refractivity contribution in [3.05, 3.63) is 21.7 Å². The van der Waals surface area contributed by atoms with Crippen molar-refractivity contribution in [3.63, 3.8) is 0 Å². The Bertz CT molecular complexity index is 619. The van der Waals surface area contributed by atoms with Gasteiger partial charge in [0.1, 0.15) is 5.82 Å². The van der Waals surface area contributed by atoms with Crippen LogP contribution < -0.4 is 0 Å². The topological polar surface area (TPSA) is 48.5 Å². The van der Waals surface area contributed by atoms with Crippen LogP contribution >= 0.6 is 27.7 Å². The zero-order chi connectivity index (χ0) is 14.1. The molecule has 108 valence electrons. The minimum Gasteiger partial charge on any atom is -0.306 e. The molecule has 1 aliphatic rings. The van der Waals surface area contributed by atoms with Crippen molar-refractivity contribution in [1.82, 2.24) is 24.5 Å². The van der Waals surface area contributed by atoms with E-state index in [4.69, 9.17) is 0 Å². The lowest BCUT2D eigenvalue weighted by atomic mass is 10.2. The Hall–Kier alpha value is -0.820. The minimum atomic E-state index is 0.857. The average molecular weight is 356 g/mol. The van der Waals surface area contributed by atoms with Crippen molar-refractivity contribution in [2.75, 3.05) is 0 Å². The molecule has 0 saturated carbocycles. The molecule has 0 spiro atoms. The molecule has 3 heterocycles. The number of aryl methyl sites for hydroxylation is 3. The van der Waals surface area contributed by atoms with Crippen LogP contribution in [0, 0.1) is 6.92 Å². The van der Waals surface area contributed by atoms with Gasteiger partial charge >= 0.3 is 0 Å². The fourth-order valence-electron chi connectivity index (χ4n) is 2.53. The van der Waals surface area contributed by atoms with Crippen LogP contribution in [0.3, 0.4) is 0 Å². The molecule has 0 radical (unpaired) electrons. The predicted molar refractivity (Wildman–Crippen MR) is 82.8 cm³/mol. The maximum Gasteiger partial charge on any atom is 0.191 e. The third-order valence-corrected chi connectivity index (χ3v) is 5.68. The zero-order valence-corrected chi connectivity index (χ0v) is 14.2. The van der Waals surface area contributed by atoms with E-state index in [1.54, 1.807) is 11.8 Å². The number of rotatable bonds is 3. The second-order valence-electron chi connectivity index (χ2n) is 5.12. The van der Waals surface area contributed by atoms with Crippen molar-refractivity contribution in [2.24, 2.45) is 7.05 Å². The quantitative estimate of drug-likeness (QED) is 0.793. The van der Waals surface area contributed by atoms with E-state index in [0.717, 1.165) is 39.9 Å². The van der Waals surface area contributed by atoms with E-state index in [2.05, 4.69) is 35.8 Å². The highest BCUT2D eigenvalue weighted by Gasteiger charge is 2.17. The molecule has 0 bridgehead atoms. The van der Waals surface area contributed by atoms with Crippen LogP contribution in [0.2, 0.25) is 0 Å². The highest BCUT2D eigenvalue weighted by atomic mass is 79.9. The third-order valence-electron chi connectivity index (χ3n) is 3.68. The Morgan fingerprint density at radius 1 is 1.25 bits per heavy atom. The minimum absolute atomic E-state index is 0.857. The lowest BCUT2D eigenvalue weighted by molar-refractivity contribution is 0.590. The normalized spacial score (nSPS) is 15.2. The second kappa shape index (κ2) is 5.89. The highest BCUT2D eigenvalue weighted by molar-refractivity contribution is 9.10. The first-order valence-electron chi connectivity index (χ1n) is 6.89. The van der Waals surface area contributed by atoms with Crippen molar-refractivity contribution in [1.29, 1.82) is 0 Å². The highest BCUT2D eigenvalue weighted by Crippen LogP contribution is 2.29. The number of fused-ring (bicyclic) bond motifs is 1. The lowest BCUT2D eigenvalue weighted by Crippen LogP contribution is -2.03. The molecule has 3 rings (SSSR count). The molecule has 0 aliphatic carbocycles. The molecule has 0 fully saturated rings. The molecule has 20 heavy (non-hydrogen) atoms. The molecule has 0 N–H and O–H groups in total. The van der Waals surface area contributed by atoms with Gasteiger partial charge < -0.3 is 4.57 Å². The van der Waals surface area contributed by atoms with Gasteiger partial charge in [-0.05, 0) is 35.7 Å². The Morgan fingerprint density at radius 2 is 2.10 bits per heavy atom. The van der Waals surface area contributed by atoms with Crippen LogP contribution in [-0.4, -0.2) is 24.5 Å². The van der Waals surface area contributed by atoms with Gasteiger partial charge in [-0.3, -0.25) is 4.68 Å². The van der Waals surface area contributed by atoms with Gasteiger partial charge in [0.25, 0.3) is 0 Å². The summed E-state index contributed by atoms with van der Waals surface area (Å²) in [5.41, 5.74) is 2.22. The van der Waals surface area contributed by atoms with Gasteiger partial charge in [0.05, 0.1) is 15.9 Å². The molecular weight excluding hydrogens is 338 g/mol. The van der Waals surface area contributed by atoms with E-state index in [1.807, 2.05) is 18.7 Å². The molecule has 0 aromatic carbocycles. The van der Waals surface area contributed by atoms with E-state index in [9.17, 15) is 0 Å². The van der Waals surface area contributed by atoms with Gasteiger partial charge in [-0.2, -0.15) is 5.10 Å². The lowest BCUT2D eigenvalue weighted by Gasteiger charge is -2.06. The van der Waals surface area contributed by atoms with Gasteiger partial charge in [0, 0.05) is 25.8 Å². The van der Waals surface area contributed by atoms with Crippen molar-refractivity contribution < 1.29 is 0 Å². The molecule has 0 amide bonds. The van der Waals surface area contributed by atoms with Gasteiger partial charge in [0.2, 0.25) is 0 Å². The first-order chi connectivity index (χ1) is 9.66. The Morgan fingerprint density at radius 3 is 2.85 bits per heavy atom. The summed E-state index contributed by atoms with van der Waals surface area (Å²) in [7, 11) is 1.98. The summed E-state index contributed by atoms with van der Waals surface area (Å²) < 4.78 is 5.32. The fourth-order valence-corrected chi connectivity index (χ4v) is 4.24. The average Bonchev–Trinajstić information content (AvgIpc) is 2.80. The summed E-state index contributed by atoms with van der Waals surface area (Å²) in [6.45, 7) is 3.07. The standard InChI is InChI=1S/C13H18BrN5S/c1-9-12(14)10(18(2)17-9)8-20-13-16-15-11-6-4-3-5-7-19(11)13/h3-8H2,1-2H3. The van der Waals surface area contributed by atoms with E-state index in [0.29, 0.717) is 0 Å². The predicted octanol–water partition coefficient (Wildman–Crippen LogP) is 3.10. The number of nitrogens with zero attached hydrogens (tertiary/aromatic N) is 5. The SMILES string of the molecule is Cc1nn(C)c(CSc2nnc3n2CCCCC3)c1Br. The number of hydrogen-bond acceptors (Lipinski definition) is 4. The Labute approximate surface area is 131 Å². The second-order valence-corrected chi connectivity index (χ2v) is 6.85. The van der Waals surface area contributed by atoms with Crippen LogP contribution in [0.4, 0.5) is 0 Å². The summed E-state index contributed by atoms with van der Waals surface area (Å²) in [6.07, 6.45) is 4.81. The van der Waals surface area contributed by atoms with Crippen molar-refractivity contribution in [2.45, 2.75) is 50.1 Å². The number of aromatic nitrogens is 5. The number of thioether (sulfide) groups is 1. The third kappa shape index (κ3) is 2.65. The smallest absolute Gasteiger partial charge is 0.191 e. The van der Waals surface area contributed by atoms with Gasteiger partial charge in [0.15, 0.2) is 5.16 Å². The Kier molecular flexibility index (Phi) is 4.16. The maximum absolute atomic E-state index is 4.43. The summed E-state index contributed by atoms with van der Waals surface area (Å²) >= 11 is 5.36. The van der Waals surface area contributed by atoms with E-state index >= 15 is 0 Å². The van der Waals surface area contributed by atoms with Gasteiger partial charge in [-0.1, -0.05) is 18.2 Å². The summed E-state index contributed by atoms with van der Waals surface area (Å²) in [6, 6.07) is 0. The molecular formula is C13H18BrN5S. The van der Waals surface area contributed by atoms with Crippen LogP contribution in [0.15, 0.2) is 9.63 Å². The first kappa shape index (κ1) is 14.1. The molecule has 0 unspecified atom stereocenters. The number of halogens is 1. The zero-order valence-electron chi connectivity index (χ0n) is 11.8. The van der Waals surface area contributed by atoms with E-state index in [-0.39, 0.29) is 0 Å². The Balaban J connectivity index is 1.77. The molecule has 0 atom stereocenters. The monoisotopic (exact) mass is 355 g/mol. The first-order valence-corrected chi connectivity index (χ1v) is 8.67. The summed E-state index contributed by atoms with van der Waals surface area (Å²) in [5.74, 6) is 2.00. The van der Waals surface area contributed by atoms with Crippen LogP contribution in [-0.2, 0) is 25.8 Å². The molecule has 7 heteroatoms. The van der Waals surface area contributed by atoms with Gasteiger partial charge in [-0.25, -0.2) is 0 Å². The maximum atomic E-state index is 4.43. The van der Waals surface area contributed by atoms with E-state index < -0.39 is 0 Å². The fraction of sp³-hybridized carbons (Fsp3) is 0.615. The summed E-state index contributed by atoms with van der Waals surface area (Å²) in [5, 5.41) is 14.2. The van der Waals surface area contributed by atoms with E-state index in [1.165, 1.54) is 25.0 Å². The van der Waals surface area contributed by atoms with Gasteiger partial charge in [-0.15, -0.1) is 10.2 Å². The molecule has 0 saturated heterocycles. The summed E-state index contributed by atoms with van der Waals surface area (Å²) in [4.78, 5) is 0. The van der Waals surface area contributed by atoms with Crippen molar-refractivity contribution >= 4 is 27.7 Å². The largest absolute Gasteiger partial charge is 0.306 e. The molecule has 2 aromatic rings. The molecule has 2 aromatic heterocycles. The van der Waals surface area contributed by atoms with Crippen molar-refractivity contribution in [3.8, 4) is 0 Å². The van der Waals surface area contributed by atoms with Crippen LogP contribution in [0.1, 0.15) is 36.5 Å². The molecule has 1 aliphatic heterocycles. The van der Waals surface area contributed by atoms with Crippen LogP contribution in [0.5, 0.6) is 0 Å². The molecule has 5 nitrogen and oxygen atoms in total. The number of hydrogen-bond donors (Lipinski definition) is 0.